The Morgan fingerprint density at radius 1 is 0.897 bits per heavy atom. The molecule has 22 heteroatoms. The van der Waals surface area contributed by atoms with Crippen LogP contribution in [0.1, 0.15) is 110 Å². The Labute approximate surface area is 399 Å². The highest BCUT2D eigenvalue weighted by Gasteiger charge is 2.23. The van der Waals surface area contributed by atoms with Gasteiger partial charge in [0.05, 0.1) is 30.5 Å². The van der Waals surface area contributed by atoms with Crippen LogP contribution < -0.4 is 26.6 Å². The number of rotatable bonds is 28. The van der Waals surface area contributed by atoms with Gasteiger partial charge in [-0.1, -0.05) is 36.1 Å². The first-order valence-corrected chi connectivity index (χ1v) is 24.4. The molecule has 1 aromatic carbocycles. The highest BCUT2D eigenvalue weighted by atomic mass is 32.2. The van der Waals surface area contributed by atoms with E-state index in [1.807, 2.05) is 20.8 Å². The van der Waals surface area contributed by atoms with E-state index in [0.29, 0.717) is 87.3 Å². The minimum atomic E-state index is -3.48. The maximum atomic E-state index is 13.2. The summed E-state index contributed by atoms with van der Waals surface area (Å²) in [7, 11) is -3.48. The molecule has 6 N–H and O–H groups in total. The lowest BCUT2D eigenvalue weighted by molar-refractivity contribution is -0.133. The Kier molecular flexibility index (Phi) is 23.5. The first-order chi connectivity index (χ1) is 32.1. The van der Waals surface area contributed by atoms with Crippen molar-refractivity contribution in [2.75, 3.05) is 44.5 Å². The van der Waals surface area contributed by atoms with Crippen molar-refractivity contribution in [3.63, 3.8) is 0 Å². The number of nitrogens with zero attached hydrogens (tertiary/aromatic N) is 5. The lowest BCUT2D eigenvalue weighted by Gasteiger charge is -2.26. The maximum absolute atomic E-state index is 13.2. The minimum Gasteiger partial charge on any atom is -0.444 e. The molecule has 0 aliphatic rings. The second kappa shape index (κ2) is 28.3. The van der Waals surface area contributed by atoms with Crippen LogP contribution >= 0.6 is 0 Å². The van der Waals surface area contributed by atoms with E-state index in [9.17, 15) is 37.5 Å². The Morgan fingerprint density at radius 3 is 2.28 bits per heavy atom. The van der Waals surface area contributed by atoms with Gasteiger partial charge < -0.3 is 45.9 Å². The largest absolute Gasteiger partial charge is 0.444 e. The zero-order chi connectivity index (χ0) is 50.2. The number of unbranched alkanes of at least 4 members (excludes halogenated alkanes) is 2. The first kappa shape index (κ1) is 56.3. The van der Waals surface area contributed by atoms with Crippen LogP contribution in [-0.2, 0) is 62.9 Å². The zero-order valence-electron chi connectivity index (χ0n) is 40.2. The normalized spacial score (nSPS) is 12.5. The number of nitrogens with one attached hydrogen (secondary N) is 5. The summed E-state index contributed by atoms with van der Waals surface area (Å²) in [5.74, 6) is 4.30. The summed E-state index contributed by atoms with van der Waals surface area (Å²) in [6, 6.07) is 5.71. The van der Waals surface area contributed by atoms with Crippen LogP contribution in [0.15, 0.2) is 48.0 Å². The van der Waals surface area contributed by atoms with Crippen molar-refractivity contribution in [1.82, 2.24) is 46.2 Å². The molecule has 0 fully saturated rings. The molecule has 2 atom stereocenters. The number of sulfone groups is 1. The number of hydrogen-bond acceptors (Lipinski definition) is 15. The number of aliphatic hydroxyl groups is 1. The van der Waals surface area contributed by atoms with Crippen LogP contribution in [0.5, 0.6) is 0 Å². The fourth-order valence-corrected chi connectivity index (χ4v) is 6.44. The van der Waals surface area contributed by atoms with E-state index >= 15 is 0 Å². The van der Waals surface area contributed by atoms with E-state index in [2.05, 4.69) is 58.7 Å². The molecule has 0 saturated carbocycles. The molecular formula is C46H68N10O11S. The third kappa shape index (κ3) is 24.1. The molecule has 2 aromatic heterocycles. The number of carbonyl (C=O) groups is 5. The molecule has 0 aliphatic heterocycles. The molecule has 0 saturated heterocycles. The van der Waals surface area contributed by atoms with Crippen molar-refractivity contribution in [2.45, 2.75) is 135 Å². The molecule has 0 radical (unpaired) electrons. The molecule has 21 nitrogen and oxygen atoms in total. The molecule has 3 aromatic rings. The van der Waals surface area contributed by atoms with Gasteiger partial charge in [0, 0.05) is 63.4 Å². The lowest BCUT2D eigenvalue weighted by Crippen LogP contribution is -2.45. The van der Waals surface area contributed by atoms with E-state index in [1.165, 1.54) is 12.4 Å². The molecule has 2 heterocycles. The topological polar surface area (TPSA) is 284 Å². The summed E-state index contributed by atoms with van der Waals surface area (Å²) in [6.45, 7) is 12.2. The first-order valence-electron chi connectivity index (χ1n) is 22.5. The number of benzene rings is 1. The van der Waals surface area contributed by atoms with Crippen molar-refractivity contribution in [3.05, 3.63) is 59.7 Å². The Balaban J connectivity index is 1.29. The molecule has 1 unspecified atom stereocenters. The molecule has 68 heavy (non-hydrogen) atoms. The van der Waals surface area contributed by atoms with Crippen LogP contribution in [0.2, 0.25) is 0 Å². The number of alkyl carbamates (subject to hydrolysis) is 1. The number of hydrogen-bond donors (Lipinski definition) is 6. The smallest absolute Gasteiger partial charge is 0.407 e. The Morgan fingerprint density at radius 2 is 1.60 bits per heavy atom. The minimum absolute atomic E-state index is 0.0843. The molecule has 374 valence electrons. The SMILES string of the molecule is CC(CCOC(C)(C)CCn1cc(CNC(=O)CCCC#Cc2cnc(S(C)(=O)=O)nc2)nn1)CNC(=O)COCC(=O)N[C@@H](CCCCNC(=O)OC(C)(C)C)C(=O)Nc1ccc(CO)cc1. The average molecular weight is 969 g/mol. The average Bonchev–Trinajstić information content (AvgIpc) is 3.73. The number of aliphatic hydroxyl groups excluding tert-OH is 1. The molecule has 5 amide bonds. The maximum Gasteiger partial charge on any atom is 0.407 e. The third-order valence-electron chi connectivity index (χ3n) is 9.75. The summed E-state index contributed by atoms with van der Waals surface area (Å²) in [5.41, 5.74) is 1.16. The van der Waals surface area contributed by atoms with Crippen molar-refractivity contribution < 1.29 is 51.7 Å². The number of anilines is 1. The second-order valence-corrected chi connectivity index (χ2v) is 19.8. The van der Waals surface area contributed by atoms with Gasteiger partial charge in [-0.25, -0.2) is 23.2 Å². The molecule has 0 bridgehead atoms. The van der Waals surface area contributed by atoms with E-state index in [0.717, 1.165) is 6.26 Å². The summed E-state index contributed by atoms with van der Waals surface area (Å²) in [5, 5.41) is 31.2. The quantitative estimate of drug-likeness (QED) is 0.0347. The van der Waals surface area contributed by atoms with E-state index < -0.39 is 57.5 Å². The van der Waals surface area contributed by atoms with Crippen LogP contribution in [-0.4, -0.2) is 125 Å². The fraction of sp³-hybridized carbons (Fsp3) is 0.587. The lowest BCUT2D eigenvalue weighted by atomic mass is 10.0. The number of ether oxygens (including phenoxy) is 3. The molecule has 0 aliphatic carbocycles. The van der Waals surface area contributed by atoms with Gasteiger partial charge in [0.25, 0.3) is 0 Å². The van der Waals surface area contributed by atoms with E-state index in [1.54, 1.807) is 55.9 Å². The monoisotopic (exact) mass is 968 g/mol. The highest BCUT2D eigenvalue weighted by Crippen LogP contribution is 2.17. The number of aromatic nitrogens is 5. The van der Waals surface area contributed by atoms with E-state index in [-0.39, 0.29) is 49.6 Å². The standard InChI is InChI=1S/C46H68N10O11S/c1-33(20-24-66-46(5,6)21-23-56-29-37(54-55-56)28-49-39(58)15-10-8-9-13-35-26-50-43(51-27-35)68(7,63)64)25-48-40(59)31-65-32-41(60)53-38(14-11-12-22-47-44(62)67-45(2,3)4)42(61)52-36-18-16-34(30-57)17-19-36/h16-19,26-27,29,33,38,57H,8,10-12,14-15,20-25,28,30-32H2,1-7H3,(H,47,62)(H,48,59)(H,49,58)(H,52,61)(H,53,60)/t33?,38-/m0/s1. The van der Waals surface area contributed by atoms with Gasteiger partial charge in [-0.3, -0.25) is 23.9 Å². The van der Waals surface area contributed by atoms with Gasteiger partial charge in [0.15, 0.2) is 0 Å². The number of amides is 5. The van der Waals surface area contributed by atoms with Crippen LogP contribution in [0, 0.1) is 17.8 Å². The van der Waals surface area contributed by atoms with E-state index in [4.69, 9.17) is 14.2 Å². The van der Waals surface area contributed by atoms with Crippen LogP contribution in [0.25, 0.3) is 0 Å². The number of aryl methyl sites for hydroxylation is 1. The van der Waals surface area contributed by atoms with Gasteiger partial charge in [-0.15, -0.1) is 5.10 Å². The van der Waals surface area contributed by atoms with Crippen molar-refractivity contribution in [3.8, 4) is 11.8 Å². The predicted molar refractivity (Wildman–Crippen MR) is 251 cm³/mol. The summed E-state index contributed by atoms with van der Waals surface area (Å²) < 4.78 is 41.4. The van der Waals surface area contributed by atoms with Crippen molar-refractivity contribution >= 4 is 45.2 Å². The van der Waals surface area contributed by atoms with Gasteiger partial charge in [-0.2, -0.15) is 0 Å². The van der Waals surface area contributed by atoms with Gasteiger partial charge in [0.1, 0.15) is 30.6 Å². The molecular weight excluding hydrogens is 901 g/mol. The third-order valence-corrected chi connectivity index (χ3v) is 10.6. The fourth-order valence-electron chi connectivity index (χ4n) is 5.96. The molecule has 3 rings (SSSR count). The van der Waals surface area contributed by atoms with Gasteiger partial charge in [-0.05, 0) is 96.8 Å². The molecule has 0 spiro atoms. The zero-order valence-corrected chi connectivity index (χ0v) is 41.0. The van der Waals surface area contributed by atoms with Gasteiger partial charge >= 0.3 is 6.09 Å². The summed E-state index contributed by atoms with van der Waals surface area (Å²) in [6.07, 6.45) is 8.83. The summed E-state index contributed by atoms with van der Waals surface area (Å²) in [4.78, 5) is 70.4. The van der Waals surface area contributed by atoms with Crippen LogP contribution in [0.4, 0.5) is 10.5 Å². The van der Waals surface area contributed by atoms with Crippen molar-refractivity contribution in [2.24, 2.45) is 5.92 Å². The van der Waals surface area contributed by atoms with Crippen molar-refractivity contribution in [1.29, 1.82) is 0 Å². The Bertz CT molecular complexity index is 2250. The highest BCUT2D eigenvalue weighted by molar-refractivity contribution is 7.90. The summed E-state index contributed by atoms with van der Waals surface area (Å²) >= 11 is 0. The van der Waals surface area contributed by atoms with Crippen LogP contribution in [0.3, 0.4) is 0 Å². The predicted octanol–water partition coefficient (Wildman–Crippen LogP) is 2.96. The number of carbonyl (C=O) groups excluding carboxylic acids is 5. The van der Waals surface area contributed by atoms with Gasteiger partial charge in [0.2, 0.25) is 38.6 Å². The Hall–Kier alpha value is -6.02. The second-order valence-electron chi connectivity index (χ2n) is 17.9.